The van der Waals surface area contributed by atoms with E-state index in [0.717, 1.165) is 0 Å². The molecule has 4 rings (SSSR count). The van der Waals surface area contributed by atoms with Crippen LogP contribution in [0.15, 0.2) is 109 Å². The van der Waals surface area contributed by atoms with Gasteiger partial charge in [0.25, 0.3) is 0 Å². The summed E-state index contributed by atoms with van der Waals surface area (Å²) in [6.45, 7) is 0. The number of hydrogen-bond donors (Lipinski definition) is 0. The normalized spacial score (nSPS) is 11.4. The number of Topliss-reactive ketones (excluding diaryl/α,β-unsaturated/α-hetero) is 1. The van der Waals surface area contributed by atoms with Crippen molar-refractivity contribution in [3.05, 3.63) is 142 Å². The predicted molar refractivity (Wildman–Crippen MR) is 127 cm³/mol. The van der Waals surface area contributed by atoms with Crippen molar-refractivity contribution in [2.75, 3.05) is 0 Å². The Balaban J connectivity index is 1.67. The maximum Gasteiger partial charge on any atom is 0.339 e. The second-order valence-corrected chi connectivity index (χ2v) is 7.74. The van der Waals surface area contributed by atoms with E-state index in [1.165, 1.54) is 6.07 Å². The zero-order valence-corrected chi connectivity index (χ0v) is 18.2. The molecule has 0 saturated carbocycles. The van der Waals surface area contributed by atoms with E-state index in [9.17, 15) is 14.4 Å². The largest absolute Gasteiger partial charge is 0.445 e. The highest BCUT2D eigenvalue weighted by atomic mass is 35.5. The van der Waals surface area contributed by atoms with Crippen LogP contribution < -0.4 is 0 Å². The van der Waals surface area contributed by atoms with E-state index >= 15 is 0 Å². The lowest BCUT2D eigenvalue weighted by Gasteiger charge is -2.18. The predicted octanol–water partition coefficient (Wildman–Crippen LogP) is 6.35. The van der Waals surface area contributed by atoms with Crippen molar-refractivity contribution in [1.82, 2.24) is 0 Å². The van der Waals surface area contributed by atoms with Gasteiger partial charge < -0.3 is 4.74 Å². The van der Waals surface area contributed by atoms with Gasteiger partial charge in [0.1, 0.15) is 0 Å². The maximum atomic E-state index is 13.2. The van der Waals surface area contributed by atoms with Crippen LogP contribution in [0.4, 0.5) is 0 Å². The van der Waals surface area contributed by atoms with E-state index in [4.69, 9.17) is 16.3 Å². The minimum atomic E-state index is -1.15. The van der Waals surface area contributed by atoms with E-state index < -0.39 is 12.1 Å². The van der Waals surface area contributed by atoms with Gasteiger partial charge in [-0.05, 0) is 30.3 Å². The van der Waals surface area contributed by atoms with Gasteiger partial charge in [-0.25, -0.2) is 4.79 Å². The quantitative estimate of drug-likeness (QED) is 0.241. The molecule has 162 valence electrons. The topological polar surface area (TPSA) is 60.4 Å². The second-order valence-electron chi connectivity index (χ2n) is 7.31. The van der Waals surface area contributed by atoms with Gasteiger partial charge in [-0.3, -0.25) is 9.59 Å². The van der Waals surface area contributed by atoms with Gasteiger partial charge in [0.05, 0.1) is 5.56 Å². The van der Waals surface area contributed by atoms with Crippen molar-refractivity contribution in [3.63, 3.8) is 0 Å². The Labute approximate surface area is 196 Å². The van der Waals surface area contributed by atoms with Gasteiger partial charge in [0.15, 0.2) is 11.9 Å². The molecule has 0 heterocycles. The second kappa shape index (κ2) is 10.1. The highest BCUT2D eigenvalue weighted by Crippen LogP contribution is 2.26. The molecule has 0 N–H and O–H groups in total. The number of esters is 1. The Morgan fingerprint density at radius 1 is 0.606 bits per heavy atom. The zero-order valence-electron chi connectivity index (χ0n) is 17.5. The van der Waals surface area contributed by atoms with Gasteiger partial charge in [-0.15, -0.1) is 0 Å². The van der Waals surface area contributed by atoms with Crippen LogP contribution in [0.1, 0.15) is 48.3 Å². The van der Waals surface area contributed by atoms with Gasteiger partial charge in [0.2, 0.25) is 5.78 Å². The molecule has 0 saturated heterocycles. The van der Waals surface area contributed by atoms with Crippen molar-refractivity contribution < 1.29 is 19.1 Å². The van der Waals surface area contributed by atoms with Crippen molar-refractivity contribution in [3.8, 4) is 0 Å². The van der Waals surface area contributed by atoms with Gasteiger partial charge >= 0.3 is 5.97 Å². The van der Waals surface area contributed by atoms with Crippen molar-refractivity contribution >= 4 is 29.1 Å². The summed E-state index contributed by atoms with van der Waals surface area (Å²) in [5, 5.41) is 0.504. The lowest BCUT2D eigenvalue weighted by atomic mass is 9.97. The first-order valence-electron chi connectivity index (χ1n) is 10.3. The standard InChI is InChI=1S/C28H19ClO4/c29-22-17-15-20(16-18-22)25(30)23-13-7-8-14-24(23)28(32)33-27(21-11-5-2-6-12-21)26(31)19-9-3-1-4-10-19/h1-18,27H. The third-order valence-electron chi connectivity index (χ3n) is 5.12. The lowest BCUT2D eigenvalue weighted by molar-refractivity contribution is 0.0278. The average molecular weight is 455 g/mol. The van der Waals surface area contributed by atoms with Crippen LogP contribution in [0.5, 0.6) is 0 Å². The molecule has 1 atom stereocenters. The van der Waals surface area contributed by atoms with Crippen molar-refractivity contribution in [2.45, 2.75) is 6.10 Å². The molecule has 0 aliphatic rings. The summed E-state index contributed by atoms with van der Waals surface area (Å²) in [7, 11) is 0. The maximum absolute atomic E-state index is 13.2. The number of halogens is 1. The highest BCUT2D eigenvalue weighted by molar-refractivity contribution is 6.30. The molecule has 1 unspecified atom stereocenters. The molecule has 4 nitrogen and oxygen atoms in total. The van der Waals surface area contributed by atoms with E-state index in [1.807, 2.05) is 6.07 Å². The van der Waals surface area contributed by atoms with Crippen molar-refractivity contribution in [2.24, 2.45) is 0 Å². The van der Waals surface area contributed by atoms with Crippen LogP contribution in [-0.4, -0.2) is 17.5 Å². The van der Waals surface area contributed by atoms with Crippen LogP contribution in [0.25, 0.3) is 0 Å². The Hall–Kier alpha value is -4.02. The van der Waals surface area contributed by atoms with E-state index in [1.54, 1.807) is 97.1 Å². The molecule has 0 amide bonds. The van der Waals surface area contributed by atoms with Crippen LogP contribution in [0, 0.1) is 0 Å². The summed E-state index contributed by atoms with van der Waals surface area (Å²) in [6, 6.07) is 30.2. The van der Waals surface area contributed by atoms with E-state index in [2.05, 4.69) is 0 Å². The van der Waals surface area contributed by atoms with Gasteiger partial charge in [-0.2, -0.15) is 0 Å². The summed E-state index contributed by atoms with van der Waals surface area (Å²) < 4.78 is 5.72. The molecule has 0 fully saturated rings. The third-order valence-corrected chi connectivity index (χ3v) is 5.37. The van der Waals surface area contributed by atoms with Gasteiger partial charge in [-0.1, -0.05) is 90.5 Å². The number of carbonyl (C=O) groups excluding carboxylic acids is 3. The summed E-state index contributed by atoms with van der Waals surface area (Å²) >= 11 is 5.92. The Morgan fingerprint density at radius 2 is 1.15 bits per heavy atom. The molecule has 4 aromatic rings. The molecular formula is C28H19ClO4. The number of ether oxygens (including phenoxy) is 1. The highest BCUT2D eigenvalue weighted by Gasteiger charge is 2.28. The Bertz CT molecular complexity index is 1280. The van der Waals surface area contributed by atoms with Crippen LogP contribution >= 0.6 is 11.6 Å². The monoisotopic (exact) mass is 454 g/mol. The van der Waals surface area contributed by atoms with E-state index in [-0.39, 0.29) is 22.7 Å². The fraction of sp³-hybridized carbons (Fsp3) is 0.0357. The molecule has 0 radical (unpaired) electrons. The summed E-state index contributed by atoms with van der Waals surface area (Å²) in [5.74, 6) is -1.45. The SMILES string of the molecule is O=C(OC(C(=O)c1ccccc1)c1ccccc1)c1ccccc1C(=O)c1ccc(Cl)cc1. The zero-order chi connectivity index (χ0) is 23.2. The Morgan fingerprint density at radius 3 is 1.79 bits per heavy atom. The number of ketones is 2. The summed E-state index contributed by atoms with van der Waals surface area (Å²) in [4.78, 5) is 39.5. The lowest BCUT2D eigenvalue weighted by Crippen LogP contribution is -2.21. The fourth-order valence-corrected chi connectivity index (χ4v) is 3.57. The first kappa shape index (κ1) is 22.2. The van der Waals surface area contributed by atoms with Crippen LogP contribution in [0.3, 0.4) is 0 Å². The van der Waals surface area contributed by atoms with Crippen LogP contribution in [0.2, 0.25) is 5.02 Å². The number of carbonyl (C=O) groups is 3. The summed E-state index contributed by atoms with van der Waals surface area (Å²) in [5.41, 5.74) is 1.62. The van der Waals surface area contributed by atoms with Crippen molar-refractivity contribution in [1.29, 1.82) is 0 Å². The first-order chi connectivity index (χ1) is 16.0. The van der Waals surface area contributed by atoms with Crippen LogP contribution in [-0.2, 0) is 4.74 Å². The minimum Gasteiger partial charge on any atom is -0.445 e. The number of hydrogen-bond acceptors (Lipinski definition) is 4. The molecule has 0 bridgehead atoms. The smallest absolute Gasteiger partial charge is 0.339 e. The Kier molecular flexibility index (Phi) is 6.77. The summed E-state index contributed by atoms with van der Waals surface area (Å²) in [6.07, 6.45) is -1.15. The minimum absolute atomic E-state index is 0.0826. The molecule has 0 spiro atoms. The first-order valence-corrected chi connectivity index (χ1v) is 10.7. The molecule has 5 heteroatoms. The molecule has 33 heavy (non-hydrogen) atoms. The third kappa shape index (κ3) is 5.08. The fourth-order valence-electron chi connectivity index (χ4n) is 3.44. The number of benzene rings is 4. The average Bonchev–Trinajstić information content (AvgIpc) is 2.88. The number of rotatable bonds is 7. The van der Waals surface area contributed by atoms with Gasteiger partial charge in [0, 0.05) is 27.3 Å². The van der Waals surface area contributed by atoms with E-state index in [0.29, 0.717) is 21.7 Å². The molecule has 0 aliphatic heterocycles. The molecule has 0 aromatic heterocycles. The molecule has 0 aliphatic carbocycles. The molecular weight excluding hydrogens is 436 g/mol. The molecule has 4 aromatic carbocycles.